The second-order valence-corrected chi connectivity index (χ2v) is 7.45. The Balaban J connectivity index is 1.71. The van der Waals surface area contributed by atoms with E-state index < -0.39 is 10.0 Å². The molecule has 1 N–H and O–H groups in total. The molecule has 0 atom stereocenters. The lowest BCUT2D eigenvalue weighted by molar-refractivity contribution is 0.368. The summed E-state index contributed by atoms with van der Waals surface area (Å²) in [4.78, 5) is 4.11. The van der Waals surface area contributed by atoms with Crippen LogP contribution in [-0.2, 0) is 10.0 Å². The van der Waals surface area contributed by atoms with Gasteiger partial charge in [-0.2, -0.15) is 0 Å². The molecule has 120 valence electrons. The monoisotopic (exact) mass is 322 g/mol. The van der Waals surface area contributed by atoms with E-state index in [1.54, 1.807) is 6.20 Å². The Labute approximate surface area is 132 Å². The highest BCUT2D eigenvalue weighted by molar-refractivity contribution is 7.90. The average Bonchev–Trinajstić information content (AvgIpc) is 2.53. The molecule has 22 heavy (non-hydrogen) atoms. The van der Waals surface area contributed by atoms with Crippen molar-refractivity contribution >= 4 is 10.0 Å². The van der Waals surface area contributed by atoms with E-state index in [4.69, 9.17) is 4.74 Å². The van der Waals surface area contributed by atoms with Crippen molar-refractivity contribution in [2.75, 3.05) is 13.2 Å². The van der Waals surface area contributed by atoms with Crippen LogP contribution in [0.15, 0.2) is 18.3 Å². The lowest BCUT2D eigenvalue weighted by Gasteiger charge is -2.21. The SMILES string of the molecule is Cc1ccc(OCC#CCNS(=O)(=O)C2CCCCC2)cn1. The minimum absolute atomic E-state index is 0.133. The summed E-state index contributed by atoms with van der Waals surface area (Å²) in [6, 6.07) is 3.69. The minimum Gasteiger partial charge on any atom is -0.479 e. The van der Waals surface area contributed by atoms with Crippen LogP contribution >= 0.6 is 0 Å². The Bertz CT molecular complexity index is 624. The summed E-state index contributed by atoms with van der Waals surface area (Å²) in [7, 11) is -3.23. The van der Waals surface area contributed by atoms with Gasteiger partial charge in [-0.1, -0.05) is 31.1 Å². The third-order valence-electron chi connectivity index (χ3n) is 3.67. The number of pyridine rings is 1. The normalized spacial score (nSPS) is 15.9. The van der Waals surface area contributed by atoms with Crippen LogP contribution in [0, 0.1) is 18.8 Å². The van der Waals surface area contributed by atoms with E-state index in [0.717, 1.165) is 37.8 Å². The highest BCUT2D eigenvalue weighted by Gasteiger charge is 2.26. The Morgan fingerprint density at radius 1 is 1.27 bits per heavy atom. The summed E-state index contributed by atoms with van der Waals surface area (Å²) in [6.07, 6.45) is 6.28. The first kappa shape index (κ1) is 16.8. The van der Waals surface area contributed by atoms with Crippen molar-refractivity contribution in [2.24, 2.45) is 0 Å². The van der Waals surface area contributed by atoms with Gasteiger partial charge in [-0.3, -0.25) is 4.98 Å². The second-order valence-electron chi connectivity index (χ2n) is 5.40. The number of sulfonamides is 1. The molecule has 0 aliphatic heterocycles. The maximum Gasteiger partial charge on any atom is 0.215 e. The zero-order chi connectivity index (χ0) is 15.8. The number of aryl methyl sites for hydroxylation is 1. The molecule has 0 bridgehead atoms. The lowest BCUT2D eigenvalue weighted by Crippen LogP contribution is -2.35. The number of hydrogen-bond donors (Lipinski definition) is 1. The first-order valence-corrected chi connectivity index (χ1v) is 9.12. The van der Waals surface area contributed by atoms with Crippen molar-refractivity contribution in [3.63, 3.8) is 0 Å². The Morgan fingerprint density at radius 2 is 2.05 bits per heavy atom. The third kappa shape index (κ3) is 5.32. The molecule has 6 heteroatoms. The molecule has 5 nitrogen and oxygen atoms in total. The molecule has 0 aromatic carbocycles. The van der Waals surface area contributed by atoms with Crippen LogP contribution in [0.4, 0.5) is 0 Å². The summed E-state index contributed by atoms with van der Waals surface area (Å²) in [5.74, 6) is 6.23. The third-order valence-corrected chi connectivity index (χ3v) is 5.57. The van der Waals surface area contributed by atoms with Crippen molar-refractivity contribution in [1.82, 2.24) is 9.71 Å². The molecule has 1 aromatic heterocycles. The number of rotatable bonds is 5. The Kier molecular flexibility index (Phi) is 6.22. The fourth-order valence-corrected chi connectivity index (χ4v) is 3.87. The van der Waals surface area contributed by atoms with Crippen LogP contribution in [0.25, 0.3) is 0 Å². The van der Waals surface area contributed by atoms with E-state index in [1.807, 2.05) is 19.1 Å². The Hall–Kier alpha value is -1.58. The summed E-state index contributed by atoms with van der Waals surface area (Å²) in [5, 5.41) is -0.252. The zero-order valence-corrected chi connectivity index (χ0v) is 13.7. The van der Waals surface area contributed by atoms with Gasteiger partial charge in [0.2, 0.25) is 10.0 Å². The van der Waals surface area contributed by atoms with E-state index in [0.29, 0.717) is 5.75 Å². The predicted octanol–water partition coefficient (Wildman–Crippen LogP) is 2.02. The van der Waals surface area contributed by atoms with Crippen molar-refractivity contribution in [1.29, 1.82) is 0 Å². The Morgan fingerprint density at radius 3 is 2.73 bits per heavy atom. The molecule has 0 amide bonds. The number of aromatic nitrogens is 1. The molecule has 1 saturated carbocycles. The van der Waals surface area contributed by atoms with Gasteiger partial charge in [-0.15, -0.1) is 0 Å². The predicted molar refractivity (Wildman–Crippen MR) is 86.0 cm³/mol. The summed E-state index contributed by atoms with van der Waals surface area (Å²) in [6.45, 7) is 2.26. The smallest absolute Gasteiger partial charge is 0.215 e. The molecule has 0 unspecified atom stereocenters. The lowest BCUT2D eigenvalue weighted by atomic mass is 10.0. The largest absolute Gasteiger partial charge is 0.479 e. The standard InChI is InChI=1S/C16H22N2O3S/c1-14-9-10-15(13-17-14)21-12-6-5-11-18-22(19,20)16-7-3-2-4-8-16/h9-10,13,16,18H,2-4,7-8,11-12H2,1H3. The van der Waals surface area contributed by atoms with Crippen molar-refractivity contribution in [3.05, 3.63) is 24.0 Å². The first-order valence-electron chi connectivity index (χ1n) is 7.57. The van der Waals surface area contributed by atoms with Crippen molar-refractivity contribution in [2.45, 2.75) is 44.3 Å². The molecule has 2 rings (SSSR count). The van der Waals surface area contributed by atoms with Gasteiger partial charge in [0.05, 0.1) is 18.0 Å². The van der Waals surface area contributed by atoms with E-state index in [2.05, 4.69) is 21.5 Å². The molecule has 1 aromatic rings. The molecule has 0 spiro atoms. The van der Waals surface area contributed by atoms with E-state index >= 15 is 0 Å². The molecule has 0 saturated heterocycles. The summed E-state index contributed by atoms with van der Waals surface area (Å²) < 4.78 is 32.1. The zero-order valence-electron chi connectivity index (χ0n) is 12.8. The molecule has 1 aliphatic carbocycles. The van der Waals surface area contributed by atoms with E-state index in [1.165, 1.54) is 0 Å². The van der Waals surface area contributed by atoms with Crippen molar-refractivity contribution in [3.8, 4) is 17.6 Å². The maximum absolute atomic E-state index is 12.1. The van der Waals surface area contributed by atoms with Gasteiger partial charge in [0.25, 0.3) is 0 Å². The van der Waals surface area contributed by atoms with Gasteiger partial charge in [0.1, 0.15) is 12.4 Å². The fourth-order valence-electron chi connectivity index (χ4n) is 2.40. The molecular formula is C16H22N2O3S. The number of hydrogen-bond acceptors (Lipinski definition) is 4. The topological polar surface area (TPSA) is 68.3 Å². The second kappa shape index (κ2) is 8.16. The number of nitrogens with zero attached hydrogens (tertiary/aromatic N) is 1. The number of nitrogens with one attached hydrogen (secondary N) is 1. The first-order chi connectivity index (χ1) is 10.6. The molecule has 1 heterocycles. The van der Waals surface area contributed by atoms with Gasteiger partial charge in [-0.05, 0) is 31.9 Å². The summed E-state index contributed by atoms with van der Waals surface area (Å²) >= 11 is 0. The molecule has 1 aliphatic rings. The van der Waals surface area contributed by atoms with Gasteiger partial charge in [0.15, 0.2) is 0 Å². The highest BCUT2D eigenvalue weighted by Crippen LogP contribution is 2.22. The van der Waals surface area contributed by atoms with Gasteiger partial charge in [-0.25, -0.2) is 13.1 Å². The molecular weight excluding hydrogens is 300 g/mol. The minimum atomic E-state index is -3.23. The fraction of sp³-hybridized carbons (Fsp3) is 0.562. The van der Waals surface area contributed by atoms with Crippen LogP contribution in [0.3, 0.4) is 0 Å². The van der Waals surface area contributed by atoms with Crippen LogP contribution in [-0.4, -0.2) is 31.8 Å². The average molecular weight is 322 g/mol. The highest BCUT2D eigenvalue weighted by atomic mass is 32.2. The van der Waals surface area contributed by atoms with Crippen LogP contribution in [0.1, 0.15) is 37.8 Å². The molecule has 0 radical (unpaired) electrons. The van der Waals surface area contributed by atoms with Crippen molar-refractivity contribution < 1.29 is 13.2 Å². The quantitative estimate of drug-likeness (QED) is 0.842. The van der Waals surface area contributed by atoms with Gasteiger partial charge in [0, 0.05) is 5.69 Å². The number of ether oxygens (including phenoxy) is 1. The van der Waals surface area contributed by atoms with Gasteiger partial charge >= 0.3 is 0 Å². The maximum atomic E-state index is 12.1. The van der Waals surface area contributed by atoms with Crippen LogP contribution < -0.4 is 9.46 Å². The molecule has 1 fully saturated rings. The summed E-state index contributed by atoms with van der Waals surface area (Å²) in [5.41, 5.74) is 0.926. The van der Waals surface area contributed by atoms with E-state index in [9.17, 15) is 8.42 Å². The van der Waals surface area contributed by atoms with Crippen LogP contribution in [0.2, 0.25) is 0 Å². The van der Waals surface area contributed by atoms with Crippen LogP contribution in [0.5, 0.6) is 5.75 Å². The van der Waals surface area contributed by atoms with Gasteiger partial charge < -0.3 is 4.74 Å². The van der Waals surface area contributed by atoms with E-state index in [-0.39, 0.29) is 18.4 Å².